The minimum Gasteiger partial charge on any atom is -0.352 e. The molecule has 100 valence electrons. The van der Waals surface area contributed by atoms with Gasteiger partial charge in [-0.15, -0.1) is 11.8 Å². The van der Waals surface area contributed by atoms with E-state index in [0.717, 1.165) is 0 Å². The first-order valence-electron chi connectivity index (χ1n) is 6.75. The van der Waals surface area contributed by atoms with Crippen molar-refractivity contribution in [2.45, 2.75) is 52.8 Å². The fourth-order valence-corrected chi connectivity index (χ4v) is 4.37. The van der Waals surface area contributed by atoms with Gasteiger partial charge in [-0.2, -0.15) is 0 Å². The van der Waals surface area contributed by atoms with Gasteiger partial charge in [0.15, 0.2) is 0 Å². The van der Waals surface area contributed by atoms with E-state index in [1.807, 2.05) is 11.8 Å². The van der Waals surface area contributed by atoms with Crippen LogP contribution in [0, 0.1) is 23.7 Å². The highest BCUT2D eigenvalue weighted by molar-refractivity contribution is 8.00. The number of hydrogen-bond acceptors (Lipinski definition) is 2. The van der Waals surface area contributed by atoms with Gasteiger partial charge in [-0.3, -0.25) is 4.79 Å². The largest absolute Gasteiger partial charge is 0.352 e. The van der Waals surface area contributed by atoms with E-state index in [-0.39, 0.29) is 5.91 Å². The number of rotatable bonds is 3. The lowest BCUT2D eigenvalue weighted by Crippen LogP contribution is -2.48. The molecular formula is C14H27NOS. The van der Waals surface area contributed by atoms with E-state index in [2.05, 4.69) is 46.9 Å². The Morgan fingerprint density at radius 1 is 1.06 bits per heavy atom. The molecule has 0 saturated carbocycles. The molecule has 1 saturated heterocycles. The van der Waals surface area contributed by atoms with Crippen molar-refractivity contribution in [3.8, 4) is 0 Å². The van der Waals surface area contributed by atoms with E-state index in [9.17, 15) is 4.79 Å². The van der Waals surface area contributed by atoms with Crippen LogP contribution in [0.2, 0.25) is 0 Å². The molecule has 0 aromatic rings. The smallest absolute Gasteiger partial charge is 0.230 e. The molecular weight excluding hydrogens is 230 g/mol. The van der Waals surface area contributed by atoms with Gasteiger partial charge in [0.25, 0.3) is 0 Å². The Labute approximate surface area is 110 Å². The Hall–Kier alpha value is -0.180. The number of nitrogens with one attached hydrogen (secondary N) is 1. The maximum absolute atomic E-state index is 11.8. The second-order valence-corrected chi connectivity index (χ2v) is 7.34. The third kappa shape index (κ3) is 3.64. The van der Waals surface area contributed by atoms with Gasteiger partial charge in [0.1, 0.15) is 0 Å². The van der Waals surface area contributed by atoms with E-state index >= 15 is 0 Å². The van der Waals surface area contributed by atoms with Crippen molar-refractivity contribution in [2.75, 3.05) is 5.75 Å². The minimum absolute atomic E-state index is 0.211. The fraction of sp³-hybridized carbons (Fsp3) is 0.929. The lowest BCUT2D eigenvalue weighted by atomic mass is 9.77. The van der Waals surface area contributed by atoms with Crippen molar-refractivity contribution in [1.82, 2.24) is 5.32 Å². The molecule has 17 heavy (non-hydrogen) atoms. The third-order valence-corrected chi connectivity index (χ3v) is 5.35. The molecule has 3 unspecified atom stereocenters. The van der Waals surface area contributed by atoms with Gasteiger partial charge in [0.05, 0.1) is 5.75 Å². The molecule has 1 fully saturated rings. The lowest BCUT2D eigenvalue weighted by Gasteiger charge is -2.38. The Balaban J connectivity index is 3.01. The lowest BCUT2D eigenvalue weighted by molar-refractivity contribution is -0.119. The summed E-state index contributed by atoms with van der Waals surface area (Å²) in [4.78, 5) is 11.8. The fourth-order valence-electron chi connectivity index (χ4n) is 2.85. The molecule has 3 heteroatoms. The van der Waals surface area contributed by atoms with Gasteiger partial charge in [0, 0.05) is 11.3 Å². The number of hydrogen-bond donors (Lipinski definition) is 1. The summed E-state index contributed by atoms with van der Waals surface area (Å²) in [5.74, 6) is 3.15. The molecule has 1 N–H and O–H groups in total. The summed E-state index contributed by atoms with van der Waals surface area (Å²) in [5, 5.41) is 3.82. The van der Waals surface area contributed by atoms with Crippen LogP contribution in [0.1, 0.15) is 41.5 Å². The molecule has 1 heterocycles. The van der Waals surface area contributed by atoms with E-state index in [0.29, 0.717) is 40.7 Å². The van der Waals surface area contributed by atoms with Crippen molar-refractivity contribution in [3.05, 3.63) is 0 Å². The first-order chi connectivity index (χ1) is 7.84. The number of carbonyl (C=O) groups excluding carboxylic acids is 1. The zero-order valence-electron chi connectivity index (χ0n) is 12.0. The van der Waals surface area contributed by atoms with Crippen LogP contribution >= 0.6 is 11.8 Å². The average molecular weight is 257 g/mol. The summed E-state index contributed by atoms with van der Waals surface area (Å²) in [7, 11) is 0. The van der Waals surface area contributed by atoms with Gasteiger partial charge in [-0.1, -0.05) is 41.5 Å². The van der Waals surface area contributed by atoms with Crippen LogP contribution in [-0.2, 0) is 4.79 Å². The quantitative estimate of drug-likeness (QED) is 0.841. The molecule has 0 radical (unpaired) electrons. The van der Waals surface area contributed by atoms with Gasteiger partial charge in [0.2, 0.25) is 5.91 Å². The van der Waals surface area contributed by atoms with Crippen LogP contribution in [0.25, 0.3) is 0 Å². The highest BCUT2D eigenvalue weighted by Crippen LogP contribution is 2.37. The molecule has 1 aliphatic heterocycles. The van der Waals surface area contributed by atoms with Crippen LogP contribution in [0.4, 0.5) is 0 Å². The molecule has 1 aliphatic rings. The van der Waals surface area contributed by atoms with Crippen molar-refractivity contribution in [2.24, 2.45) is 23.7 Å². The minimum atomic E-state index is 0.211. The molecule has 0 aromatic heterocycles. The van der Waals surface area contributed by atoms with Crippen LogP contribution in [0.15, 0.2) is 0 Å². The third-order valence-electron chi connectivity index (χ3n) is 3.67. The summed E-state index contributed by atoms with van der Waals surface area (Å²) in [6, 6.07) is 0.324. The monoisotopic (exact) mass is 257 g/mol. The van der Waals surface area contributed by atoms with Crippen molar-refractivity contribution in [3.63, 3.8) is 0 Å². The highest BCUT2D eigenvalue weighted by atomic mass is 32.2. The zero-order chi connectivity index (χ0) is 13.2. The topological polar surface area (TPSA) is 29.1 Å². The summed E-state index contributed by atoms with van der Waals surface area (Å²) in [6.45, 7) is 13.6. The summed E-state index contributed by atoms with van der Waals surface area (Å²) in [5.41, 5.74) is 0. The molecule has 3 atom stereocenters. The molecule has 2 nitrogen and oxygen atoms in total. The van der Waals surface area contributed by atoms with E-state index < -0.39 is 0 Å². The summed E-state index contributed by atoms with van der Waals surface area (Å²) < 4.78 is 0. The van der Waals surface area contributed by atoms with Crippen molar-refractivity contribution >= 4 is 17.7 Å². The molecule has 0 bridgehead atoms. The summed E-state index contributed by atoms with van der Waals surface area (Å²) >= 11 is 1.85. The Morgan fingerprint density at radius 2 is 1.65 bits per heavy atom. The average Bonchev–Trinajstić information content (AvgIpc) is 2.36. The zero-order valence-corrected chi connectivity index (χ0v) is 12.8. The van der Waals surface area contributed by atoms with Crippen LogP contribution in [-0.4, -0.2) is 23.0 Å². The second kappa shape index (κ2) is 6.12. The first kappa shape index (κ1) is 14.9. The molecule has 0 aromatic carbocycles. The standard InChI is InChI=1S/C14H27NOS/c1-8(2)12-13(9(3)4)15-11(16)7-17-14(12)10(5)6/h8-10,12-14H,7H2,1-6H3,(H,15,16). The first-order valence-corrected chi connectivity index (χ1v) is 7.80. The maximum Gasteiger partial charge on any atom is 0.230 e. The Morgan fingerprint density at radius 3 is 2.06 bits per heavy atom. The van der Waals surface area contributed by atoms with Gasteiger partial charge >= 0.3 is 0 Å². The highest BCUT2D eigenvalue weighted by Gasteiger charge is 2.38. The predicted octanol–water partition coefficient (Wildman–Crippen LogP) is 3.17. The summed E-state index contributed by atoms with van der Waals surface area (Å²) in [6.07, 6.45) is 0. The Kier molecular flexibility index (Phi) is 5.36. The Bertz CT molecular complexity index is 263. The normalized spacial score (nSPS) is 30.9. The van der Waals surface area contributed by atoms with Gasteiger partial charge < -0.3 is 5.32 Å². The number of amides is 1. The van der Waals surface area contributed by atoms with Crippen molar-refractivity contribution < 1.29 is 4.79 Å². The van der Waals surface area contributed by atoms with Crippen LogP contribution in [0.5, 0.6) is 0 Å². The number of thioether (sulfide) groups is 1. The number of carbonyl (C=O) groups is 1. The van der Waals surface area contributed by atoms with Gasteiger partial charge in [-0.05, 0) is 23.7 Å². The van der Waals surface area contributed by atoms with E-state index in [1.54, 1.807) is 0 Å². The van der Waals surface area contributed by atoms with Crippen molar-refractivity contribution in [1.29, 1.82) is 0 Å². The molecule has 1 rings (SSSR count). The van der Waals surface area contributed by atoms with Crippen LogP contribution in [0.3, 0.4) is 0 Å². The van der Waals surface area contributed by atoms with E-state index in [4.69, 9.17) is 0 Å². The molecule has 0 aliphatic carbocycles. The maximum atomic E-state index is 11.8. The second-order valence-electron chi connectivity index (χ2n) is 6.18. The molecule has 0 spiro atoms. The van der Waals surface area contributed by atoms with Gasteiger partial charge in [-0.25, -0.2) is 0 Å². The van der Waals surface area contributed by atoms with Crippen LogP contribution < -0.4 is 5.32 Å². The SMILES string of the molecule is CC(C)C1NC(=O)CSC(C(C)C)C1C(C)C. The van der Waals surface area contributed by atoms with E-state index in [1.165, 1.54) is 0 Å². The molecule has 1 amide bonds. The predicted molar refractivity (Wildman–Crippen MR) is 76.2 cm³/mol.